The van der Waals surface area contributed by atoms with Crippen LogP contribution in [0.25, 0.3) is 11.1 Å². The molecule has 2 nitrogen and oxygen atoms in total. The topological polar surface area (TPSA) is 15.3 Å². The molecule has 1 fully saturated rings. The second-order valence-corrected chi connectivity index (χ2v) is 5.62. The molecule has 0 aliphatic carbocycles. The average Bonchev–Trinajstić information content (AvgIpc) is 2.52. The van der Waals surface area contributed by atoms with Crippen LogP contribution in [0.5, 0.6) is 0 Å². The fraction of sp³-hybridized carbons (Fsp3) is 0.250. The predicted molar refractivity (Wildman–Crippen MR) is 87.0 cm³/mol. The molecule has 1 aliphatic rings. The number of halogens is 2. The van der Waals surface area contributed by atoms with Crippen LogP contribution in [0.1, 0.15) is 0 Å². The third-order valence-electron chi connectivity index (χ3n) is 3.60. The van der Waals surface area contributed by atoms with Gasteiger partial charge < -0.3 is 10.2 Å². The molecule has 4 heteroatoms. The summed E-state index contributed by atoms with van der Waals surface area (Å²) in [6, 6.07) is 14.2. The molecule has 0 spiro atoms. The van der Waals surface area contributed by atoms with Gasteiger partial charge in [0.25, 0.3) is 0 Å². The van der Waals surface area contributed by atoms with Gasteiger partial charge in [-0.05, 0) is 11.6 Å². The summed E-state index contributed by atoms with van der Waals surface area (Å²) in [5, 5.41) is 4.62. The number of rotatable bonds is 2. The summed E-state index contributed by atoms with van der Waals surface area (Å²) in [7, 11) is 0. The highest BCUT2D eigenvalue weighted by Crippen LogP contribution is 2.39. The molecule has 1 heterocycles. The van der Waals surface area contributed by atoms with Crippen molar-refractivity contribution in [3.63, 3.8) is 0 Å². The highest BCUT2D eigenvalue weighted by Gasteiger charge is 2.17. The molecule has 104 valence electrons. The first kappa shape index (κ1) is 13.7. The summed E-state index contributed by atoms with van der Waals surface area (Å²) < 4.78 is 0. The van der Waals surface area contributed by atoms with E-state index < -0.39 is 0 Å². The molecule has 0 atom stereocenters. The monoisotopic (exact) mass is 306 g/mol. The number of hydrogen-bond acceptors (Lipinski definition) is 2. The van der Waals surface area contributed by atoms with Crippen molar-refractivity contribution in [1.29, 1.82) is 0 Å². The van der Waals surface area contributed by atoms with Crippen LogP contribution in [0.15, 0.2) is 42.5 Å². The lowest BCUT2D eigenvalue weighted by atomic mass is 10.0. The van der Waals surface area contributed by atoms with Crippen molar-refractivity contribution in [2.75, 3.05) is 31.1 Å². The molecule has 0 unspecified atom stereocenters. The van der Waals surface area contributed by atoms with Crippen LogP contribution >= 0.6 is 23.2 Å². The van der Waals surface area contributed by atoms with Gasteiger partial charge in [0.1, 0.15) is 0 Å². The predicted octanol–water partition coefficient (Wildman–Crippen LogP) is 4.07. The number of benzene rings is 2. The van der Waals surface area contributed by atoms with Gasteiger partial charge in [-0.3, -0.25) is 0 Å². The van der Waals surface area contributed by atoms with E-state index in [4.69, 9.17) is 23.2 Å². The Morgan fingerprint density at radius 1 is 0.850 bits per heavy atom. The number of anilines is 1. The lowest BCUT2D eigenvalue weighted by Crippen LogP contribution is -2.43. The first-order valence-electron chi connectivity index (χ1n) is 6.76. The lowest BCUT2D eigenvalue weighted by molar-refractivity contribution is 0.589. The zero-order valence-electron chi connectivity index (χ0n) is 11.1. The Bertz CT molecular complexity index is 593. The summed E-state index contributed by atoms with van der Waals surface area (Å²) >= 11 is 13.0. The average molecular weight is 307 g/mol. The molecule has 2 aromatic carbocycles. The van der Waals surface area contributed by atoms with E-state index in [0.29, 0.717) is 10.0 Å². The van der Waals surface area contributed by atoms with Crippen molar-refractivity contribution in [2.45, 2.75) is 0 Å². The van der Waals surface area contributed by atoms with Gasteiger partial charge in [-0.2, -0.15) is 0 Å². The van der Waals surface area contributed by atoms with Crippen LogP contribution in [0.3, 0.4) is 0 Å². The van der Waals surface area contributed by atoms with E-state index >= 15 is 0 Å². The first-order valence-corrected chi connectivity index (χ1v) is 7.52. The molecule has 0 radical (unpaired) electrons. The Morgan fingerprint density at radius 3 is 2.25 bits per heavy atom. The quantitative estimate of drug-likeness (QED) is 0.899. The van der Waals surface area contributed by atoms with Gasteiger partial charge in [-0.1, -0.05) is 59.6 Å². The molecule has 0 saturated carbocycles. The van der Waals surface area contributed by atoms with Gasteiger partial charge in [0.05, 0.1) is 15.7 Å². The van der Waals surface area contributed by atoms with E-state index in [-0.39, 0.29) is 0 Å². The van der Waals surface area contributed by atoms with E-state index in [1.807, 2.05) is 30.3 Å². The van der Waals surface area contributed by atoms with Gasteiger partial charge in [0, 0.05) is 31.7 Å². The molecule has 1 aliphatic heterocycles. The van der Waals surface area contributed by atoms with Crippen LogP contribution in [0.4, 0.5) is 5.69 Å². The molecule has 20 heavy (non-hydrogen) atoms. The Labute approximate surface area is 129 Å². The number of nitrogens with zero attached hydrogens (tertiary/aromatic N) is 1. The Kier molecular flexibility index (Phi) is 4.16. The first-order chi connectivity index (χ1) is 9.77. The van der Waals surface area contributed by atoms with Crippen molar-refractivity contribution in [1.82, 2.24) is 5.32 Å². The Morgan fingerprint density at radius 2 is 1.55 bits per heavy atom. The van der Waals surface area contributed by atoms with Gasteiger partial charge in [-0.15, -0.1) is 0 Å². The third kappa shape index (κ3) is 2.64. The van der Waals surface area contributed by atoms with Crippen molar-refractivity contribution < 1.29 is 0 Å². The van der Waals surface area contributed by atoms with Crippen LogP contribution < -0.4 is 10.2 Å². The second-order valence-electron chi connectivity index (χ2n) is 4.86. The maximum Gasteiger partial charge on any atom is 0.0832 e. The van der Waals surface area contributed by atoms with Crippen LogP contribution in [-0.4, -0.2) is 26.2 Å². The van der Waals surface area contributed by atoms with Crippen LogP contribution in [0.2, 0.25) is 10.0 Å². The maximum atomic E-state index is 6.49. The van der Waals surface area contributed by atoms with Gasteiger partial charge in [0.2, 0.25) is 0 Å². The molecule has 2 aromatic rings. The molecule has 0 bridgehead atoms. The fourth-order valence-electron chi connectivity index (χ4n) is 2.53. The standard InChI is InChI=1S/C16H16Cl2N2/c17-15-13(12-4-2-1-3-5-12)6-7-14(16(15)18)20-10-8-19-9-11-20/h1-7,19H,8-11H2. The van der Waals surface area contributed by atoms with Crippen LogP contribution in [0, 0.1) is 0 Å². The Balaban J connectivity index is 1.98. The molecule has 0 aromatic heterocycles. The van der Waals surface area contributed by atoms with E-state index in [9.17, 15) is 0 Å². The molecule has 1 N–H and O–H groups in total. The van der Waals surface area contributed by atoms with E-state index in [2.05, 4.69) is 22.3 Å². The minimum atomic E-state index is 0.633. The summed E-state index contributed by atoms with van der Waals surface area (Å²) in [5.41, 5.74) is 3.10. The zero-order valence-corrected chi connectivity index (χ0v) is 12.6. The molecular weight excluding hydrogens is 291 g/mol. The number of hydrogen-bond donors (Lipinski definition) is 1. The number of nitrogens with one attached hydrogen (secondary N) is 1. The summed E-state index contributed by atoms with van der Waals surface area (Å²) in [6.07, 6.45) is 0. The molecule has 0 amide bonds. The third-order valence-corrected chi connectivity index (χ3v) is 4.48. The lowest BCUT2D eigenvalue weighted by Gasteiger charge is -2.30. The Hall–Kier alpha value is -1.22. The SMILES string of the molecule is Clc1c(-c2ccccc2)ccc(N2CCNCC2)c1Cl. The van der Waals surface area contributed by atoms with Crippen LogP contribution in [-0.2, 0) is 0 Å². The van der Waals surface area contributed by atoms with Crippen molar-refractivity contribution >= 4 is 28.9 Å². The molecular formula is C16H16Cl2N2. The molecule has 1 saturated heterocycles. The van der Waals surface area contributed by atoms with E-state index in [1.54, 1.807) is 0 Å². The normalized spacial score (nSPS) is 15.4. The van der Waals surface area contributed by atoms with Gasteiger partial charge in [-0.25, -0.2) is 0 Å². The summed E-state index contributed by atoms with van der Waals surface area (Å²) in [5.74, 6) is 0. The van der Waals surface area contributed by atoms with Crippen molar-refractivity contribution in [3.05, 3.63) is 52.5 Å². The minimum absolute atomic E-state index is 0.633. The highest BCUT2D eigenvalue weighted by atomic mass is 35.5. The number of piperazine rings is 1. The minimum Gasteiger partial charge on any atom is -0.368 e. The summed E-state index contributed by atoms with van der Waals surface area (Å²) in [4.78, 5) is 2.28. The molecule has 3 rings (SSSR count). The maximum absolute atomic E-state index is 6.49. The van der Waals surface area contributed by atoms with E-state index in [0.717, 1.165) is 43.0 Å². The highest BCUT2D eigenvalue weighted by molar-refractivity contribution is 6.45. The van der Waals surface area contributed by atoms with Gasteiger partial charge in [0.15, 0.2) is 0 Å². The smallest absolute Gasteiger partial charge is 0.0832 e. The van der Waals surface area contributed by atoms with E-state index in [1.165, 1.54) is 0 Å². The van der Waals surface area contributed by atoms with Gasteiger partial charge >= 0.3 is 0 Å². The second kappa shape index (κ2) is 6.04. The zero-order chi connectivity index (χ0) is 13.9. The van der Waals surface area contributed by atoms with Crippen molar-refractivity contribution in [2.24, 2.45) is 0 Å². The summed E-state index contributed by atoms with van der Waals surface area (Å²) in [6.45, 7) is 3.88. The largest absolute Gasteiger partial charge is 0.368 e. The fourth-order valence-corrected chi connectivity index (χ4v) is 3.08. The van der Waals surface area contributed by atoms with Crippen molar-refractivity contribution in [3.8, 4) is 11.1 Å².